The van der Waals surface area contributed by atoms with Crippen molar-refractivity contribution in [1.29, 1.82) is 5.26 Å². The van der Waals surface area contributed by atoms with E-state index in [1.807, 2.05) is 0 Å². The lowest BCUT2D eigenvalue weighted by molar-refractivity contribution is -0.116. The summed E-state index contributed by atoms with van der Waals surface area (Å²) < 4.78 is 2.11. The van der Waals surface area contributed by atoms with Crippen molar-refractivity contribution in [2.75, 3.05) is 5.32 Å². The zero-order valence-electron chi connectivity index (χ0n) is 12.4. The molecule has 8 nitrogen and oxygen atoms in total. The van der Waals surface area contributed by atoms with Crippen molar-refractivity contribution in [3.05, 3.63) is 56.0 Å². The minimum absolute atomic E-state index is 0.0163. The first-order valence-corrected chi connectivity index (χ1v) is 7.55. The lowest BCUT2D eigenvalue weighted by Gasteiger charge is -2.10. The van der Waals surface area contributed by atoms with Gasteiger partial charge >= 0.3 is 5.69 Å². The molecule has 0 bridgehead atoms. The van der Waals surface area contributed by atoms with E-state index in [1.165, 1.54) is 23.0 Å². The molecule has 1 amide bonds. The van der Waals surface area contributed by atoms with Gasteiger partial charge < -0.3 is 5.32 Å². The van der Waals surface area contributed by atoms with Crippen LogP contribution in [0.15, 0.2) is 34.1 Å². The van der Waals surface area contributed by atoms with Gasteiger partial charge in [0.15, 0.2) is 0 Å². The molecule has 122 valence electrons. The highest BCUT2D eigenvalue weighted by molar-refractivity contribution is 6.30. The number of pyridine rings is 1. The summed E-state index contributed by atoms with van der Waals surface area (Å²) in [5, 5.41) is 11.9. The summed E-state index contributed by atoms with van der Waals surface area (Å²) >= 11 is 5.71. The van der Waals surface area contributed by atoms with Crippen LogP contribution in [-0.2, 0) is 11.3 Å². The maximum absolute atomic E-state index is 12.4. The molecule has 3 rings (SSSR count). The Morgan fingerprint density at radius 2 is 2.17 bits per heavy atom. The van der Waals surface area contributed by atoms with E-state index in [2.05, 4.69) is 10.3 Å². The van der Waals surface area contributed by atoms with Crippen LogP contribution in [0.25, 0.3) is 0 Å². The lowest BCUT2D eigenvalue weighted by atomic mass is 10.3. The van der Waals surface area contributed by atoms with Crippen molar-refractivity contribution < 1.29 is 4.79 Å². The van der Waals surface area contributed by atoms with Gasteiger partial charge in [-0.1, -0.05) is 11.6 Å². The van der Waals surface area contributed by atoms with Crippen LogP contribution in [-0.4, -0.2) is 20.0 Å². The monoisotopic (exact) mass is 345 g/mol. The molecule has 0 aliphatic heterocycles. The number of hydrogen-bond acceptors (Lipinski definition) is 5. The van der Waals surface area contributed by atoms with Crippen molar-refractivity contribution >= 4 is 23.3 Å². The predicted octanol–water partition coefficient (Wildman–Crippen LogP) is 0.904. The van der Waals surface area contributed by atoms with Crippen LogP contribution in [0, 0.1) is 11.3 Å². The number of halogens is 1. The molecule has 24 heavy (non-hydrogen) atoms. The van der Waals surface area contributed by atoms with Crippen LogP contribution in [0.3, 0.4) is 0 Å². The Morgan fingerprint density at radius 3 is 2.75 bits per heavy atom. The molecule has 0 atom stereocenters. The zero-order valence-corrected chi connectivity index (χ0v) is 13.2. The molecule has 1 N–H and O–H groups in total. The summed E-state index contributed by atoms with van der Waals surface area (Å²) in [6, 6.07) is 4.79. The number of nitrogens with one attached hydrogen (secondary N) is 1. The van der Waals surface area contributed by atoms with Crippen LogP contribution in [0.4, 0.5) is 5.82 Å². The highest BCUT2D eigenvalue weighted by Crippen LogP contribution is 2.33. The van der Waals surface area contributed by atoms with Crippen LogP contribution in [0.5, 0.6) is 0 Å². The van der Waals surface area contributed by atoms with E-state index < -0.39 is 23.7 Å². The summed E-state index contributed by atoms with van der Waals surface area (Å²) in [5.41, 5.74) is -1.54. The molecule has 0 aromatic carbocycles. The molecule has 2 heterocycles. The molecule has 1 fully saturated rings. The smallest absolute Gasteiger partial charge is 0.309 e. The molecule has 2 aromatic heterocycles. The third-order valence-electron chi connectivity index (χ3n) is 3.55. The van der Waals surface area contributed by atoms with Gasteiger partial charge in [0.2, 0.25) is 5.91 Å². The second-order valence-electron chi connectivity index (χ2n) is 5.38. The molecule has 9 heteroatoms. The van der Waals surface area contributed by atoms with E-state index in [9.17, 15) is 14.4 Å². The van der Waals surface area contributed by atoms with Crippen molar-refractivity contribution in [3.8, 4) is 6.07 Å². The molecular weight excluding hydrogens is 334 g/mol. The number of nitriles is 1. The Bertz CT molecular complexity index is 951. The van der Waals surface area contributed by atoms with E-state index in [0.29, 0.717) is 5.02 Å². The molecule has 0 spiro atoms. The minimum atomic E-state index is -0.779. The molecule has 0 unspecified atom stereocenters. The molecule has 2 aromatic rings. The van der Waals surface area contributed by atoms with Gasteiger partial charge in [0.25, 0.3) is 5.56 Å². The number of anilines is 1. The van der Waals surface area contributed by atoms with Crippen molar-refractivity contribution in [1.82, 2.24) is 14.1 Å². The number of amides is 1. The minimum Gasteiger partial charge on any atom is -0.309 e. The Balaban J connectivity index is 1.89. The largest absolute Gasteiger partial charge is 0.331 e. The van der Waals surface area contributed by atoms with Crippen LogP contribution >= 0.6 is 11.6 Å². The van der Waals surface area contributed by atoms with Gasteiger partial charge in [0.1, 0.15) is 24.0 Å². The standard InChI is InChI=1S/C15H12ClN5O3/c16-10-1-4-12(18-6-10)19-13(22)8-21-14(23)9(5-17)7-20(15(21)24)11-2-3-11/h1,4,6-7,11H,2-3,8H2,(H,18,19,22). The number of carbonyl (C=O) groups is 1. The van der Waals surface area contributed by atoms with Crippen LogP contribution < -0.4 is 16.6 Å². The molecule has 0 saturated heterocycles. The number of rotatable bonds is 4. The Labute approximate surface area is 140 Å². The van der Waals surface area contributed by atoms with Gasteiger partial charge in [-0.25, -0.2) is 14.3 Å². The van der Waals surface area contributed by atoms with Crippen molar-refractivity contribution in [3.63, 3.8) is 0 Å². The van der Waals surface area contributed by atoms with Gasteiger partial charge in [-0.3, -0.25) is 14.2 Å². The quantitative estimate of drug-likeness (QED) is 0.885. The summed E-state index contributed by atoms with van der Waals surface area (Å²) in [7, 11) is 0. The van der Waals surface area contributed by atoms with Crippen molar-refractivity contribution in [2.24, 2.45) is 0 Å². The molecule has 1 aliphatic carbocycles. The number of nitrogens with zero attached hydrogens (tertiary/aromatic N) is 4. The first-order chi connectivity index (χ1) is 11.5. The van der Waals surface area contributed by atoms with E-state index >= 15 is 0 Å². The number of carbonyl (C=O) groups excluding carboxylic acids is 1. The Kier molecular flexibility index (Phi) is 4.18. The zero-order chi connectivity index (χ0) is 17.3. The summed E-state index contributed by atoms with van der Waals surface area (Å²) in [4.78, 5) is 40.5. The predicted molar refractivity (Wildman–Crippen MR) is 85.8 cm³/mol. The van der Waals surface area contributed by atoms with Crippen LogP contribution in [0.1, 0.15) is 24.4 Å². The first-order valence-electron chi connectivity index (χ1n) is 7.17. The average molecular weight is 346 g/mol. The number of hydrogen-bond donors (Lipinski definition) is 1. The van der Waals surface area contributed by atoms with Crippen molar-refractivity contribution in [2.45, 2.75) is 25.4 Å². The van der Waals surface area contributed by atoms with E-state index in [1.54, 1.807) is 12.1 Å². The maximum atomic E-state index is 12.4. The second kappa shape index (κ2) is 6.29. The van der Waals surface area contributed by atoms with Gasteiger partial charge in [-0.05, 0) is 25.0 Å². The SMILES string of the molecule is N#Cc1cn(C2CC2)c(=O)n(CC(=O)Nc2ccc(Cl)cn2)c1=O. The summed E-state index contributed by atoms with van der Waals surface area (Å²) in [6.07, 6.45) is 4.24. The normalized spacial score (nSPS) is 13.3. The highest BCUT2D eigenvalue weighted by Gasteiger charge is 2.27. The Hall–Kier alpha value is -2.92. The molecular formula is C15H12ClN5O3. The molecule has 1 aliphatic rings. The lowest BCUT2D eigenvalue weighted by Crippen LogP contribution is -2.43. The van der Waals surface area contributed by atoms with E-state index in [-0.39, 0.29) is 17.4 Å². The fourth-order valence-electron chi connectivity index (χ4n) is 2.23. The number of aromatic nitrogens is 3. The van der Waals surface area contributed by atoms with E-state index in [4.69, 9.17) is 16.9 Å². The fourth-order valence-corrected chi connectivity index (χ4v) is 2.34. The summed E-state index contributed by atoms with van der Waals surface area (Å²) in [6.45, 7) is -0.496. The van der Waals surface area contributed by atoms with E-state index in [0.717, 1.165) is 17.4 Å². The van der Waals surface area contributed by atoms with Gasteiger partial charge in [-0.2, -0.15) is 5.26 Å². The first kappa shape index (κ1) is 16.0. The van der Waals surface area contributed by atoms with Gasteiger partial charge in [0.05, 0.1) is 5.02 Å². The third-order valence-corrected chi connectivity index (χ3v) is 3.78. The second-order valence-corrected chi connectivity index (χ2v) is 5.81. The third kappa shape index (κ3) is 3.21. The highest BCUT2D eigenvalue weighted by atomic mass is 35.5. The fraction of sp³-hybridized carbons (Fsp3) is 0.267. The van der Waals surface area contributed by atoms with Gasteiger partial charge in [-0.15, -0.1) is 0 Å². The molecule has 0 radical (unpaired) electrons. The Morgan fingerprint density at radius 1 is 1.42 bits per heavy atom. The maximum Gasteiger partial charge on any atom is 0.331 e. The topological polar surface area (TPSA) is 110 Å². The average Bonchev–Trinajstić information content (AvgIpc) is 3.39. The molecule has 1 saturated carbocycles. The summed E-state index contributed by atoms with van der Waals surface area (Å²) in [5.74, 6) is -0.349. The van der Waals surface area contributed by atoms with Gasteiger partial charge in [0, 0.05) is 18.4 Å². The van der Waals surface area contributed by atoms with Crippen LogP contribution in [0.2, 0.25) is 5.02 Å².